The van der Waals surface area contributed by atoms with Crippen LogP contribution >= 0.6 is 0 Å². The van der Waals surface area contributed by atoms with Gasteiger partial charge in [-0.05, 0) is 18.9 Å². The summed E-state index contributed by atoms with van der Waals surface area (Å²) in [6.07, 6.45) is 2.01. The van der Waals surface area contributed by atoms with E-state index in [0.717, 1.165) is 18.5 Å². The maximum Gasteiger partial charge on any atom is 0.358 e. The van der Waals surface area contributed by atoms with Crippen molar-refractivity contribution in [2.45, 2.75) is 18.3 Å². The first kappa shape index (κ1) is 11.1. The number of esters is 1. The van der Waals surface area contributed by atoms with E-state index in [-0.39, 0.29) is 5.41 Å². The highest BCUT2D eigenvalue weighted by atomic mass is 16.6. The second-order valence-corrected chi connectivity index (χ2v) is 4.12. The van der Waals surface area contributed by atoms with Gasteiger partial charge in [-0.15, -0.1) is 0 Å². The monoisotopic (exact) mass is 225 g/mol. The van der Waals surface area contributed by atoms with E-state index in [2.05, 4.69) is 9.84 Å². The van der Waals surface area contributed by atoms with Crippen molar-refractivity contribution < 1.29 is 14.4 Å². The number of aryl methyl sites for hydroxylation is 1. The number of methoxy groups -OCH3 is 1. The third kappa shape index (κ3) is 1.70. The van der Waals surface area contributed by atoms with Crippen molar-refractivity contribution in [3.8, 4) is 0 Å². The summed E-state index contributed by atoms with van der Waals surface area (Å²) in [5.41, 5.74) is 1.23. The number of carbonyl (C=O) groups excluding carboxylic acids is 1. The van der Waals surface area contributed by atoms with Crippen molar-refractivity contribution in [1.29, 1.82) is 0 Å². The van der Waals surface area contributed by atoms with Gasteiger partial charge in [-0.3, -0.25) is 4.68 Å². The zero-order chi connectivity index (χ0) is 11.8. The van der Waals surface area contributed by atoms with Gasteiger partial charge < -0.3 is 9.57 Å². The molecule has 1 saturated carbocycles. The Kier molecular flexibility index (Phi) is 2.69. The Morgan fingerprint density at radius 3 is 2.88 bits per heavy atom. The molecule has 1 aromatic heterocycles. The van der Waals surface area contributed by atoms with Gasteiger partial charge in [0.15, 0.2) is 5.69 Å². The van der Waals surface area contributed by atoms with Crippen molar-refractivity contribution in [3.63, 3.8) is 0 Å². The van der Waals surface area contributed by atoms with E-state index in [1.165, 1.54) is 7.11 Å². The van der Waals surface area contributed by atoms with E-state index in [1.54, 1.807) is 17.8 Å². The van der Waals surface area contributed by atoms with Crippen LogP contribution in [0.5, 0.6) is 0 Å². The molecule has 2 N–H and O–H groups in total. The van der Waals surface area contributed by atoms with Crippen LogP contribution in [-0.4, -0.2) is 29.5 Å². The van der Waals surface area contributed by atoms with Crippen LogP contribution in [0.2, 0.25) is 0 Å². The summed E-state index contributed by atoms with van der Waals surface area (Å²) >= 11 is 0. The molecule has 0 saturated heterocycles. The van der Waals surface area contributed by atoms with Gasteiger partial charge in [-0.25, -0.2) is 10.7 Å². The maximum absolute atomic E-state index is 11.3. The number of hydrogen-bond donors (Lipinski definition) is 1. The lowest BCUT2D eigenvalue weighted by Gasteiger charge is -2.12. The fourth-order valence-electron chi connectivity index (χ4n) is 1.95. The van der Waals surface area contributed by atoms with Crippen molar-refractivity contribution in [1.82, 2.24) is 9.78 Å². The summed E-state index contributed by atoms with van der Waals surface area (Å²) in [4.78, 5) is 16.0. The van der Waals surface area contributed by atoms with Gasteiger partial charge in [0.05, 0.1) is 13.7 Å². The average molecular weight is 225 g/mol. The Hall–Kier alpha value is -1.40. The fourth-order valence-corrected chi connectivity index (χ4v) is 1.95. The van der Waals surface area contributed by atoms with Gasteiger partial charge in [-0.2, -0.15) is 5.10 Å². The third-order valence-electron chi connectivity index (χ3n) is 3.03. The number of aromatic nitrogens is 2. The number of nitrogens with two attached hydrogens (primary N) is 1. The minimum atomic E-state index is -0.425. The molecule has 0 amide bonds. The van der Waals surface area contributed by atoms with E-state index in [1.807, 2.05) is 0 Å². The fraction of sp³-hybridized carbons (Fsp3) is 0.600. The van der Waals surface area contributed by atoms with Crippen molar-refractivity contribution in [3.05, 3.63) is 17.5 Å². The summed E-state index contributed by atoms with van der Waals surface area (Å²) in [6.45, 7) is 0.452. The van der Waals surface area contributed by atoms with Crippen LogP contribution in [0.3, 0.4) is 0 Å². The second-order valence-electron chi connectivity index (χ2n) is 4.12. The summed E-state index contributed by atoms with van der Waals surface area (Å²) < 4.78 is 6.32. The van der Waals surface area contributed by atoms with E-state index in [4.69, 9.17) is 10.7 Å². The molecule has 16 heavy (non-hydrogen) atoms. The summed E-state index contributed by atoms with van der Waals surface area (Å²) in [7, 11) is 3.14. The van der Waals surface area contributed by atoms with Crippen LogP contribution in [0.4, 0.5) is 0 Å². The second kappa shape index (κ2) is 3.88. The first-order chi connectivity index (χ1) is 7.63. The van der Waals surface area contributed by atoms with Crippen LogP contribution in [0, 0.1) is 0 Å². The minimum absolute atomic E-state index is 0.0667. The molecule has 6 nitrogen and oxygen atoms in total. The Morgan fingerprint density at radius 1 is 1.69 bits per heavy atom. The highest BCUT2D eigenvalue weighted by molar-refractivity contribution is 5.87. The minimum Gasteiger partial charge on any atom is -0.464 e. The standard InChI is InChI=1S/C10H15N3O3/c1-13-8(10(3-4-10)6-16-11)5-7(12-13)9(14)15-2/h5H,3-4,6,11H2,1-2H3. The number of carbonyl (C=O) groups is 1. The van der Waals surface area contributed by atoms with Crippen molar-refractivity contribution in [2.75, 3.05) is 13.7 Å². The molecule has 88 valence electrons. The smallest absolute Gasteiger partial charge is 0.358 e. The lowest BCUT2D eigenvalue weighted by Crippen LogP contribution is -2.21. The Morgan fingerprint density at radius 2 is 2.38 bits per heavy atom. The van der Waals surface area contributed by atoms with Crippen molar-refractivity contribution >= 4 is 5.97 Å². The first-order valence-electron chi connectivity index (χ1n) is 5.07. The summed E-state index contributed by atoms with van der Waals surface area (Å²) in [6, 6.07) is 1.75. The predicted octanol–water partition coefficient (Wildman–Crippen LogP) is 0.129. The van der Waals surface area contributed by atoms with E-state index < -0.39 is 5.97 Å². The Labute approximate surface area is 93.3 Å². The SMILES string of the molecule is COC(=O)c1cc(C2(CON)CC2)n(C)n1. The van der Waals surface area contributed by atoms with Gasteiger partial charge in [-0.1, -0.05) is 0 Å². The molecule has 1 aromatic rings. The number of ether oxygens (including phenoxy) is 1. The third-order valence-corrected chi connectivity index (χ3v) is 3.03. The van der Waals surface area contributed by atoms with Gasteiger partial charge in [0.1, 0.15) is 0 Å². The normalized spacial score (nSPS) is 17.2. The van der Waals surface area contributed by atoms with Gasteiger partial charge in [0, 0.05) is 18.2 Å². The molecule has 0 bridgehead atoms. The zero-order valence-electron chi connectivity index (χ0n) is 9.40. The molecular formula is C10H15N3O3. The van der Waals surface area contributed by atoms with E-state index >= 15 is 0 Å². The van der Waals surface area contributed by atoms with E-state index in [0.29, 0.717) is 12.3 Å². The molecule has 0 spiro atoms. The predicted molar refractivity (Wildman–Crippen MR) is 55.6 cm³/mol. The largest absolute Gasteiger partial charge is 0.464 e. The highest BCUT2D eigenvalue weighted by Crippen LogP contribution is 2.48. The van der Waals surface area contributed by atoms with Gasteiger partial charge in [0.2, 0.25) is 0 Å². The van der Waals surface area contributed by atoms with Crippen LogP contribution in [0.15, 0.2) is 6.07 Å². The molecule has 0 aliphatic heterocycles. The topological polar surface area (TPSA) is 79.4 Å². The molecule has 0 aromatic carbocycles. The molecule has 0 unspecified atom stereocenters. The molecule has 2 rings (SSSR count). The van der Waals surface area contributed by atoms with Crippen LogP contribution < -0.4 is 5.90 Å². The van der Waals surface area contributed by atoms with Crippen LogP contribution in [-0.2, 0) is 22.0 Å². The van der Waals surface area contributed by atoms with Crippen LogP contribution in [0.25, 0.3) is 0 Å². The van der Waals surface area contributed by atoms with E-state index in [9.17, 15) is 4.79 Å². The molecule has 0 radical (unpaired) electrons. The molecular weight excluding hydrogens is 210 g/mol. The summed E-state index contributed by atoms with van der Waals surface area (Å²) in [5, 5.41) is 4.12. The lowest BCUT2D eigenvalue weighted by atomic mass is 10.0. The average Bonchev–Trinajstić information content (AvgIpc) is 2.94. The molecule has 6 heteroatoms. The maximum atomic E-state index is 11.3. The molecule has 1 heterocycles. The van der Waals surface area contributed by atoms with Crippen molar-refractivity contribution in [2.24, 2.45) is 12.9 Å². The molecule has 1 aliphatic rings. The Balaban J connectivity index is 2.29. The zero-order valence-corrected chi connectivity index (χ0v) is 9.40. The first-order valence-corrected chi connectivity index (χ1v) is 5.07. The number of rotatable bonds is 4. The summed E-state index contributed by atoms with van der Waals surface area (Å²) in [5.74, 6) is 4.69. The molecule has 1 fully saturated rings. The number of nitrogens with zero attached hydrogens (tertiary/aromatic N) is 2. The quantitative estimate of drug-likeness (QED) is 0.582. The van der Waals surface area contributed by atoms with Crippen LogP contribution in [0.1, 0.15) is 29.0 Å². The number of hydrogen-bond acceptors (Lipinski definition) is 5. The van der Waals surface area contributed by atoms with Gasteiger partial charge in [0.25, 0.3) is 0 Å². The lowest BCUT2D eigenvalue weighted by molar-refractivity contribution is 0.0593. The molecule has 1 aliphatic carbocycles. The molecule has 0 atom stereocenters. The highest BCUT2D eigenvalue weighted by Gasteiger charge is 2.47. The Bertz CT molecular complexity index is 409. The van der Waals surface area contributed by atoms with Gasteiger partial charge >= 0.3 is 5.97 Å².